The molecule has 4 N–H and O–H groups in total. The molecule has 2 fully saturated rings. The van der Waals surface area contributed by atoms with Gasteiger partial charge >= 0.3 is 0 Å². The number of fused-ring (bicyclic) bond motifs is 5. The molecule has 0 spiro atoms. The van der Waals surface area contributed by atoms with Crippen LogP contribution in [0.4, 0.5) is 0 Å². The van der Waals surface area contributed by atoms with Crippen LogP contribution in [-0.4, -0.2) is 86.8 Å². The SMILES string of the molecule is Cn1cc(-c2ccc3c(c2)OCC[C@@H]2CC[C@H](O)[C@@H](CNC(=O)[C@@H]4C[C@@H](CN4Cc4ccccc4O)NC3=O)O2)cn1. The summed E-state index contributed by atoms with van der Waals surface area (Å²) in [6.07, 6.45) is 4.56. The number of para-hydroxylation sites is 1. The van der Waals surface area contributed by atoms with Gasteiger partial charge in [-0.05, 0) is 43.0 Å². The lowest BCUT2D eigenvalue weighted by atomic mass is 9.99. The Morgan fingerprint density at radius 1 is 1.10 bits per heavy atom. The highest BCUT2D eigenvalue weighted by Gasteiger charge is 2.39. The second-order valence-electron chi connectivity index (χ2n) is 11.4. The van der Waals surface area contributed by atoms with Gasteiger partial charge in [0.15, 0.2) is 0 Å². The predicted octanol–water partition coefficient (Wildman–Crippen LogP) is 1.97. The highest BCUT2D eigenvalue weighted by molar-refractivity contribution is 5.98. The third kappa shape index (κ3) is 6.13. The van der Waals surface area contributed by atoms with E-state index in [2.05, 4.69) is 15.7 Å². The standard InChI is InChI=1S/C31H37N5O6/c1-35-16-21(14-33-35)19-6-8-24-28(12-19)41-11-10-23-7-9-27(38)29(42-23)15-32-31(40)25-13-22(34-30(24)39)18-36(25)17-20-4-2-3-5-26(20)37/h2-6,8,12,14,16,22-23,25,27,29,37-38H,7,9-11,13,15,17-18H2,1H3,(H,32,40)(H,34,39)/t22-,23-,25-,27-,29+/m0/s1. The van der Waals surface area contributed by atoms with Crippen molar-refractivity contribution in [1.29, 1.82) is 0 Å². The zero-order valence-electron chi connectivity index (χ0n) is 23.6. The van der Waals surface area contributed by atoms with E-state index in [0.29, 0.717) is 62.3 Å². The van der Waals surface area contributed by atoms with Crippen LogP contribution in [0.25, 0.3) is 11.1 Å². The molecule has 5 atom stereocenters. The van der Waals surface area contributed by atoms with Crippen LogP contribution in [0.5, 0.6) is 11.5 Å². The Hall–Kier alpha value is -3.93. The number of nitrogens with one attached hydrogen (secondary N) is 2. The van der Waals surface area contributed by atoms with Gasteiger partial charge in [-0.25, -0.2) is 0 Å². The van der Waals surface area contributed by atoms with Crippen LogP contribution in [0.1, 0.15) is 41.6 Å². The Morgan fingerprint density at radius 2 is 1.95 bits per heavy atom. The maximum atomic E-state index is 13.6. The Morgan fingerprint density at radius 3 is 2.76 bits per heavy atom. The smallest absolute Gasteiger partial charge is 0.255 e. The van der Waals surface area contributed by atoms with Crippen molar-refractivity contribution in [2.45, 2.75) is 62.6 Å². The second-order valence-corrected chi connectivity index (χ2v) is 11.4. The number of phenolic OH excluding ortho intramolecular Hbond substituents is 1. The molecule has 2 aromatic carbocycles. The molecule has 11 heteroatoms. The van der Waals surface area contributed by atoms with Crippen LogP contribution in [0.3, 0.4) is 0 Å². The highest BCUT2D eigenvalue weighted by Crippen LogP contribution is 2.30. The van der Waals surface area contributed by atoms with E-state index in [0.717, 1.165) is 11.1 Å². The quantitative estimate of drug-likeness (QED) is 0.372. The van der Waals surface area contributed by atoms with Crippen molar-refractivity contribution in [2.24, 2.45) is 7.05 Å². The molecule has 0 aliphatic carbocycles. The van der Waals surface area contributed by atoms with Gasteiger partial charge < -0.3 is 30.3 Å². The van der Waals surface area contributed by atoms with E-state index in [-0.39, 0.29) is 36.3 Å². The molecule has 4 bridgehead atoms. The van der Waals surface area contributed by atoms with Gasteiger partial charge in [0.1, 0.15) is 17.6 Å². The van der Waals surface area contributed by atoms with Crippen molar-refractivity contribution in [3.8, 4) is 22.6 Å². The first kappa shape index (κ1) is 28.2. The lowest BCUT2D eigenvalue weighted by Crippen LogP contribution is -2.50. The van der Waals surface area contributed by atoms with Crippen molar-refractivity contribution < 1.29 is 29.3 Å². The number of phenols is 1. The van der Waals surface area contributed by atoms with Gasteiger partial charge in [0.05, 0.1) is 36.6 Å². The van der Waals surface area contributed by atoms with E-state index >= 15 is 0 Å². The van der Waals surface area contributed by atoms with Crippen LogP contribution in [-0.2, 0) is 23.1 Å². The average molecular weight is 576 g/mol. The number of rotatable bonds is 3. The van der Waals surface area contributed by atoms with Crippen molar-refractivity contribution in [1.82, 2.24) is 25.3 Å². The number of carbonyl (C=O) groups is 2. The normalized spacial score (nSPS) is 27.0. The number of hydrogen-bond acceptors (Lipinski definition) is 8. The summed E-state index contributed by atoms with van der Waals surface area (Å²) in [5.41, 5.74) is 2.90. The van der Waals surface area contributed by atoms with E-state index in [9.17, 15) is 19.8 Å². The molecular formula is C31H37N5O6. The third-order valence-corrected chi connectivity index (χ3v) is 8.43. The molecular weight excluding hydrogens is 538 g/mol. The van der Waals surface area contributed by atoms with Crippen LogP contribution in [0.2, 0.25) is 0 Å². The van der Waals surface area contributed by atoms with Gasteiger partial charge in [-0.2, -0.15) is 5.10 Å². The number of aromatic hydroxyl groups is 1. The molecule has 1 aromatic heterocycles. The number of likely N-dealkylation sites (tertiary alicyclic amines) is 1. The Labute approximate surface area is 244 Å². The van der Waals surface area contributed by atoms with Gasteiger partial charge in [-0.3, -0.25) is 19.2 Å². The predicted molar refractivity (Wildman–Crippen MR) is 154 cm³/mol. The third-order valence-electron chi connectivity index (χ3n) is 8.43. The minimum Gasteiger partial charge on any atom is -0.508 e. The summed E-state index contributed by atoms with van der Waals surface area (Å²) in [7, 11) is 1.85. The fourth-order valence-corrected chi connectivity index (χ4v) is 6.13. The summed E-state index contributed by atoms with van der Waals surface area (Å²) in [6, 6.07) is 11.7. The number of aliphatic hydroxyl groups excluding tert-OH is 1. The van der Waals surface area contributed by atoms with E-state index in [1.54, 1.807) is 29.1 Å². The summed E-state index contributed by atoms with van der Waals surface area (Å²) >= 11 is 0. The molecule has 3 aliphatic rings. The molecule has 42 heavy (non-hydrogen) atoms. The molecule has 222 valence electrons. The summed E-state index contributed by atoms with van der Waals surface area (Å²) in [6.45, 7) is 1.28. The van der Waals surface area contributed by atoms with Gasteiger partial charge in [0.2, 0.25) is 5.91 Å². The largest absolute Gasteiger partial charge is 0.508 e. The summed E-state index contributed by atoms with van der Waals surface area (Å²) < 4.78 is 14.1. The number of aliphatic hydroxyl groups is 1. The molecule has 0 radical (unpaired) electrons. The van der Waals surface area contributed by atoms with Crippen molar-refractivity contribution in [3.63, 3.8) is 0 Å². The van der Waals surface area contributed by atoms with E-state index in [4.69, 9.17) is 9.47 Å². The molecule has 11 nitrogen and oxygen atoms in total. The summed E-state index contributed by atoms with van der Waals surface area (Å²) in [4.78, 5) is 29.1. The topological polar surface area (TPSA) is 138 Å². The molecule has 0 unspecified atom stereocenters. The molecule has 4 heterocycles. The van der Waals surface area contributed by atoms with Crippen LogP contribution in [0.15, 0.2) is 54.9 Å². The maximum Gasteiger partial charge on any atom is 0.255 e. The fourth-order valence-electron chi connectivity index (χ4n) is 6.13. The number of aryl methyl sites for hydroxylation is 1. The maximum absolute atomic E-state index is 13.6. The van der Waals surface area contributed by atoms with E-state index in [1.165, 1.54) is 0 Å². The fraction of sp³-hybridized carbons (Fsp3) is 0.452. The minimum absolute atomic E-state index is 0.143. The Bertz CT molecular complexity index is 1440. The van der Waals surface area contributed by atoms with Crippen molar-refractivity contribution in [3.05, 3.63) is 66.0 Å². The van der Waals surface area contributed by atoms with Crippen LogP contribution < -0.4 is 15.4 Å². The molecule has 0 saturated carbocycles. The number of aromatic nitrogens is 2. The number of hydrogen-bond donors (Lipinski definition) is 4. The van der Waals surface area contributed by atoms with Crippen molar-refractivity contribution >= 4 is 11.8 Å². The number of nitrogens with zero attached hydrogens (tertiary/aromatic N) is 3. The molecule has 3 aliphatic heterocycles. The number of benzene rings is 2. The van der Waals surface area contributed by atoms with Gasteiger partial charge in [-0.1, -0.05) is 24.3 Å². The van der Waals surface area contributed by atoms with E-state index in [1.807, 2.05) is 42.4 Å². The monoisotopic (exact) mass is 575 g/mol. The summed E-state index contributed by atoms with van der Waals surface area (Å²) in [5, 5.41) is 31.4. The van der Waals surface area contributed by atoms with Gasteiger partial charge in [0.25, 0.3) is 5.91 Å². The van der Waals surface area contributed by atoms with Crippen LogP contribution >= 0.6 is 0 Å². The number of carbonyl (C=O) groups excluding carboxylic acids is 2. The molecule has 6 rings (SSSR count). The summed E-state index contributed by atoms with van der Waals surface area (Å²) in [5.74, 6) is 0.145. The molecule has 3 aromatic rings. The Kier molecular flexibility index (Phi) is 8.14. The van der Waals surface area contributed by atoms with E-state index < -0.39 is 18.2 Å². The zero-order chi connectivity index (χ0) is 29.2. The lowest BCUT2D eigenvalue weighted by Gasteiger charge is -2.34. The number of amides is 2. The minimum atomic E-state index is -0.669. The highest BCUT2D eigenvalue weighted by atomic mass is 16.5. The van der Waals surface area contributed by atoms with Gasteiger partial charge in [-0.15, -0.1) is 0 Å². The van der Waals surface area contributed by atoms with Gasteiger partial charge in [0, 0.05) is 56.5 Å². The first-order chi connectivity index (χ1) is 20.3. The average Bonchev–Trinajstić information content (AvgIpc) is 3.59. The first-order valence-corrected chi connectivity index (χ1v) is 14.5. The zero-order valence-corrected chi connectivity index (χ0v) is 23.6. The van der Waals surface area contributed by atoms with Crippen molar-refractivity contribution in [2.75, 3.05) is 19.7 Å². The number of ether oxygens (including phenoxy) is 2. The molecule has 2 saturated heterocycles. The first-order valence-electron chi connectivity index (χ1n) is 14.5. The lowest BCUT2D eigenvalue weighted by molar-refractivity contribution is -0.133. The second kappa shape index (κ2) is 12.1. The van der Waals surface area contributed by atoms with Crippen LogP contribution in [0, 0.1) is 0 Å². The molecule has 2 amide bonds. The Balaban J connectivity index is 1.30.